The highest BCUT2D eigenvalue weighted by atomic mass is 32.2. The summed E-state index contributed by atoms with van der Waals surface area (Å²) >= 11 is 0. The molecule has 17 heavy (non-hydrogen) atoms. The van der Waals surface area contributed by atoms with E-state index in [2.05, 4.69) is 9.97 Å². The van der Waals surface area contributed by atoms with Gasteiger partial charge in [-0.05, 0) is 25.8 Å². The lowest BCUT2D eigenvalue weighted by Crippen LogP contribution is -2.10. The van der Waals surface area contributed by atoms with Gasteiger partial charge in [0.2, 0.25) is 0 Å². The predicted molar refractivity (Wildman–Crippen MR) is 65.3 cm³/mol. The Balaban J connectivity index is 2.48. The molecule has 1 N–H and O–H groups in total. The molecule has 0 saturated carbocycles. The van der Waals surface area contributed by atoms with Crippen LogP contribution in [-0.2, 0) is 9.84 Å². The number of hydrogen-bond donors (Lipinski definition) is 1. The summed E-state index contributed by atoms with van der Waals surface area (Å²) in [6.07, 6.45) is 1.71. The van der Waals surface area contributed by atoms with Gasteiger partial charge < -0.3 is 5.11 Å². The fraction of sp³-hybridized carbons (Fsp3) is 0.636. The number of rotatable bonds is 6. The number of sulfone groups is 1. The Morgan fingerprint density at radius 3 is 2.76 bits per heavy atom. The summed E-state index contributed by atoms with van der Waals surface area (Å²) in [6, 6.07) is 1.64. The van der Waals surface area contributed by atoms with Gasteiger partial charge in [-0.2, -0.15) is 0 Å². The second-order valence-electron chi connectivity index (χ2n) is 3.92. The lowest BCUT2D eigenvalue weighted by Gasteiger charge is -2.09. The van der Waals surface area contributed by atoms with E-state index in [1.165, 1.54) is 0 Å². The molecule has 1 heterocycles. The van der Waals surface area contributed by atoms with Crippen LogP contribution >= 0.6 is 0 Å². The van der Waals surface area contributed by atoms with Crippen LogP contribution in [0, 0.1) is 6.92 Å². The van der Waals surface area contributed by atoms with Gasteiger partial charge in [-0.1, -0.05) is 6.92 Å². The molecule has 0 aromatic carbocycles. The van der Waals surface area contributed by atoms with E-state index in [-0.39, 0.29) is 11.5 Å². The van der Waals surface area contributed by atoms with Crippen LogP contribution in [-0.4, -0.2) is 35.0 Å². The van der Waals surface area contributed by atoms with E-state index in [4.69, 9.17) is 0 Å². The first-order valence-electron chi connectivity index (χ1n) is 5.62. The number of aliphatic hydroxyl groups is 1. The monoisotopic (exact) mass is 258 g/mol. The number of aliphatic hydroxyl groups excluding tert-OH is 1. The molecule has 0 aliphatic heterocycles. The van der Waals surface area contributed by atoms with Crippen LogP contribution in [0.4, 0.5) is 0 Å². The molecule has 0 saturated heterocycles. The minimum absolute atomic E-state index is 0.116. The van der Waals surface area contributed by atoms with Crippen molar-refractivity contribution in [2.45, 2.75) is 32.8 Å². The first-order chi connectivity index (χ1) is 7.94. The summed E-state index contributed by atoms with van der Waals surface area (Å²) < 4.78 is 22.5. The van der Waals surface area contributed by atoms with E-state index < -0.39 is 15.9 Å². The molecule has 0 bridgehead atoms. The summed E-state index contributed by atoms with van der Waals surface area (Å²) in [5.41, 5.74) is 0.548. The zero-order valence-electron chi connectivity index (χ0n) is 10.1. The Hall–Kier alpha value is -1.01. The van der Waals surface area contributed by atoms with Gasteiger partial charge in [-0.15, -0.1) is 0 Å². The summed E-state index contributed by atoms with van der Waals surface area (Å²) in [7, 11) is -2.95. The van der Waals surface area contributed by atoms with Gasteiger partial charge in [0, 0.05) is 11.9 Å². The van der Waals surface area contributed by atoms with Crippen molar-refractivity contribution in [2.24, 2.45) is 0 Å². The Labute approximate surface area is 102 Å². The molecule has 1 aromatic rings. The largest absolute Gasteiger partial charge is 0.387 e. The van der Waals surface area contributed by atoms with Gasteiger partial charge in [0.15, 0.2) is 0 Å². The zero-order valence-corrected chi connectivity index (χ0v) is 10.9. The summed E-state index contributed by atoms with van der Waals surface area (Å²) in [6.45, 7) is 3.37. The third kappa shape index (κ3) is 4.79. The van der Waals surface area contributed by atoms with E-state index in [1.807, 2.05) is 0 Å². The standard InChI is InChI=1S/C11H18N2O3S/c1-3-17(15,16)8-4-5-11(14)10-6-7-12-9(2)13-10/h6-7,11,14H,3-5,8H2,1-2H3. The van der Waals surface area contributed by atoms with Crippen molar-refractivity contribution in [3.63, 3.8) is 0 Å². The van der Waals surface area contributed by atoms with Crippen molar-refractivity contribution in [2.75, 3.05) is 11.5 Å². The molecule has 0 spiro atoms. The molecular weight excluding hydrogens is 240 g/mol. The summed E-state index contributed by atoms with van der Waals surface area (Å²) in [5.74, 6) is 0.864. The lowest BCUT2D eigenvalue weighted by atomic mass is 10.1. The van der Waals surface area contributed by atoms with Gasteiger partial charge in [0.05, 0.1) is 17.6 Å². The van der Waals surface area contributed by atoms with Gasteiger partial charge >= 0.3 is 0 Å². The molecule has 1 rings (SSSR count). The second-order valence-corrected chi connectivity index (χ2v) is 6.40. The second kappa shape index (κ2) is 6.07. The fourth-order valence-electron chi connectivity index (χ4n) is 1.45. The highest BCUT2D eigenvalue weighted by molar-refractivity contribution is 7.91. The van der Waals surface area contributed by atoms with Crippen molar-refractivity contribution in [3.8, 4) is 0 Å². The molecule has 6 heteroatoms. The maximum atomic E-state index is 11.3. The van der Waals surface area contributed by atoms with Crippen LogP contribution in [0.1, 0.15) is 37.4 Å². The van der Waals surface area contributed by atoms with Crippen molar-refractivity contribution >= 4 is 9.84 Å². The average molecular weight is 258 g/mol. The van der Waals surface area contributed by atoms with Gasteiger partial charge in [0.25, 0.3) is 0 Å². The van der Waals surface area contributed by atoms with Gasteiger partial charge in [-0.3, -0.25) is 0 Å². The lowest BCUT2D eigenvalue weighted by molar-refractivity contribution is 0.161. The van der Waals surface area contributed by atoms with E-state index >= 15 is 0 Å². The number of hydrogen-bond acceptors (Lipinski definition) is 5. The third-order valence-electron chi connectivity index (χ3n) is 2.51. The Kier molecular flexibility index (Phi) is 5.02. The van der Waals surface area contributed by atoms with Crippen molar-refractivity contribution in [1.82, 2.24) is 9.97 Å². The van der Waals surface area contributed by atoms with Gasteiger partial charge in [-0.25, -0.2) is 18.4 Å². The highest BCUT2D eigenvalue weighted by Crippen LogP contribution is 2.16. The molecule has 0 fully saturated rings. The van der Waals surface area contributed by atoms with E-state index in [1.54, 1.807) is 26.1 Å². The average Bonchev–Trinajstić information content (AvgIpc) is 2.28. The summed E-state index contributed by atoms with van der Waals surface area (Å²) in [5, 5.41) is 9.83. The Morgan fingerprint density at radius 2 is 2.18 bits per heavy atom. The fourth-order valence-corrected chi connectivity index (χ4v) is 2.34. The predicted octanol–water partition coefficient (Wildman–Crippen LogP) is 1.03. The topological polar surface area (TPSA) is 80.2 Å². The quantitative estimate of drug-likeness (QED) is 0.824. The van der Waals surface area contributed by atoms with Crippen LogP contribution in [0.25, 0.3) is 0 Å². The van der Waals surface area contributed by atoms with Crippen LogP contribution in [0.3, 0.4) is 0 Å². The number of aryl methyl sites for hydroxylation is 1. The van der Waals surface area contributed by atoms with Crippen LogP contribution in [0.2, 0.25) is 0 Å². The molecular formula is C11H18N2O3S. The molecule has 1 unspecified atom stereocenters. The SMILES string of the molecule is CCS(=O)(=O)CCCC(O)c1ccnc(C)n1. The summed E-state index contributed by atoms with van der Waals surface area (Å²) in [4.78, 5) is 8.03. The minimum atomic E-state index is -2.95. The van der Waals surface area contributed by atoms with Crippen LogP contribution in [0.15, 0.2) is 12.3 Å². The molecule has 0 amide bonds. The van der Waals surface area contributed by atoms with E-state index in [0.29, 0.717) is 24.4 Å². The molecule has 0 aliphatic rings. The highest BCUT2D eigenvalue weighted by Gasteiger charge is 2.12. The van der Waals surface area contributed by atoms with Crippen molar-refractivity contribution in [3.05, 3.63) is 23.8 Å². The van der Waals surface area contributed by atoms with Crippen molar-refractivity contribution < 1.29 is 13.5 Å². The maximum absolute atomic E-state index is 11.3. The first-order valence-corrected chi connectivity index (χ1v) is 7.45. The Morgan fingerprint density at radius 1 is 1.47 bits per heavy atom. The van der Waals surface area contributed by atoms with Crippen LogP contribution < -0.4 is 0 Å². The molecule has 1 aromatic heterocycles. The minimum Gasteiger partial charge on any atom is -0.387 e. The molecule has 96 valence electrons. The van der Waals surface area contributed by atoms with E-state index in [9.17, 15) is 13.5 Å². The molecule has 0 radical (unpaired) electrons. The number of nitrogens with zero attached hydrogens (tertiary/aromatic N) is 2. The first kappa shape index (κ1) is 14.1. The molecule has 5 nitrogen and oxygen atoms in total. The normalized spacial score (nSPS) is 13.6. The van der Waals surface area contributed by atoms with Crippen molar-refractivity contribution in [1.29, 1.82) is 0 Å². The van der Waals surface area contributed by atoms with Gasteiger partial charge in [0.1, 0.15) is 15.7 Å². The third-order valence-corrected chi connectivity index (χ3v) is 4.30. The van der Waals surface area contributed by atoms with E-state index in [0.717, 1.165) is 0 Å². The molecule has 0 aliphatic carbocycles. The van der Waals surface area contributed by atoms with Crippen LogP contribution in [0.5, 0.6) is 0 Å². The maximum Gasteiger partial charge on any atom is 0.150 e. The zero-order chi connectivity index (χ0) is 12.9. The molecule has 1 atom stereocenters. The smallest absolute Gasteiger partial charge is 0.150 e. The Bertz CT molecular complexity index is 460. The number of aromatic nitrogens is 2.